The van der Waals surface area contributed by atoms with Gasteiger partial charge in [-0.3, -0.25) is 14.2 Å². The van der Waals surface area contributed by atoms with Gasteiger partial charge in [0.2, 0.25) is 5.91 Å². The van der Waals surface area contributed by atoms with Crippen LogP contribution < -0.4 is 10.9 Å². The van der Waals surface area contributed by atoms with Crippen LogP contribution in [0.15, 0.2) is 58.5 Å². The molecule has 4 aromatic rings. The Morgan fingerprint density at radius 2 is 1.94 bits per heavy atom. The van der Waals surface area contributed by atoms with Gasteiger partial charge in [-0.1, -0.05) is 71.4 Å². The van der Waals surface area contributed by atoms with E-state index in [2.05, 4.69) is 14.7 Å². The van der Waals surface area contributed by atoms with Crippen LogP contribution in [0, 0.1) is 6.92 Å². The van der Waals surface area contributed by atoms with Crippen molar-refractivity contribution in [3.8, 4) is 11.3 Å². The second-order valence-electron chi connectivity index (χ2n) is 6.99. The molecule has 0 saturated heterocycles. The molecule has 6 nitrogen and oxygen atoms in total. The van der Waals surface area contributed by atoms with E-state index in [1.165, 1.54) is 16.3 Å². The molecule has 0 fully saturated rings. The van der Waals surface area contributed by atoms with Crippen LogP contribution in [0.25, 0.3) is 21.5 Å². The van der Waals surface area contributed by atoms with Crippen LogP contribution in [-0.4, -0.2) is 25.6 Å². The number of nitrogens with zero attached hydrogens (tertiary/aromatic N) is 3. The van der Waals surface area contributed by atoms with Gasteiger partial charge in [-0.05, 0) is 30.1 Å². The highest BCUT2D eigenvalue weighted by molar-refractivity contribution is 7.99. The highest BCUT2D eigenvalue weighted by Crippen LogP contribution is 2.29. The molecule has 0 spiro atoms. The lowest BCUT2D eigenvalue weighted by Gasteiger charge is -2.09. The summed E-state index contributed by atoms with van der Waals surface area (Å²) in [5, 5.41) is 3.93. The van der Waals surface area contributed by atoms with Gasteiger partial charge in [0.25, 0.3) is 5.56 Å². The fourth-order valence-corrected chi connectivity index (χ4v) is 4.80. The topological polar surface area (TPSA) is 76.9 Å². The van der Waals surface area contributed by atoms with Crippen molar-refractivity contribution >= 4 is 51.0 Å². The van der Waals surface area contributed by atoms with Crippen molar-refractivity contribution in [1.82, 2.24) is 19.2 Å². The number of halogens is 1. The van der Waals surface area contributed by atoms with Crippen molar-refractivity contribution in [2.24, 2.45) is 7.05 Å². The Morgan fingerprint density at radius 3 is 2.68 bits per heavy atom. The predicted molar refractivity (Wildman–Crippen MR) is 127 cm³/mol. The Morgan fingerprint density at radius 1 is 1.19 bits per heavy atom. The van der Waals surface area contributed by atoms with Gasteiger partial charge < -0.3 is 5.32 Å². The molecule has 9 heteroatoms. The monoisotopic (exact) mass is 470 g/mol. The molecule has 0 aliphatic heterocycles. The SMILES string of the molecule is Cc1ccc(-c2nsc3c(=O)n(C)c(SCC(=O)NCc4ccccc4Cl)nc23)cc1. The molecule has 0 aliphatic rings. The van der Waals surface area contributed by atoms with E-state index in [-0.39, 0.29) is 17.2 Å². The summed E-state index contributed by atoms with van der Waals surface area (Å²) in [6.45, 7) is 2.36. The number of aromatic nitrogens is 3. The Labute approximate surface area is 192 Å². The summed E-state index contributed by atoms with van der Waals surface area (Å²) in [6.07, 6.45) is 0. The van der Waals surface area contributed by atoms with Gasteiger partial charge in [-0.15, -0.1) is 0 Å². The molecule has 2 aromatic heterocycles. The molecule has 31 heavy (non-hydrogen) atoms. The number of carbonyl (C=O) groups is 1. The predicted octanol–water partition coefficient (Wildman–Crippen LogP) is 4.43. The van der Waals surface area contributed by atoms with Crippen molar-refractivity contribution in [2.75, 3.05) is 5.75 Å². The fourth-order valence-electron chi connectivity index (χ4n) is 2.99. The number of fused-ring (bicyclic) bond motifs is 1. The Hall–Kier alpha value is -2.68. The smallest absolute Gasteiger partial charge is 0.273 e. The van der Waals surface area contributed by atoms with Crippen LogP contribution in [0.5, 0.6) is 0 Å². The number of amides is 1. The van der Waals surface area contributed by atoms with Gasteiger partial charge in [0, 0.05) is 24.2 Å². The normalized spacial score (nSPS) is 11.1. The van der Waals surface area contributed by atoms with Crippen LogP contribution in [0.4, 0.5) is 0 Å². The number of hydrogen-bond donors (Lipinski definition) is 1. The molecule has 0 bridgehead atoms. The largest absolute Gasteiger partial charge is 0.351 e. The minimum atomic E-state index is -0.167. The minimum Gasteiger partial charge on any atom is -0.351 e. The Balaban J connectivity index is 1.53. The van der Waals surface area contributed by atoms with Gasteiger partial charge in [-0.25, -0.2) is 4.98 Å². The van der Waals surface area contributed by atoms with Crippen molar-refractivity contribution in [3.05, 3.63) is 75.0 Å². The Kier molecular flexibility index (Phi) is 6.41. The number of hydrogen-bond acceptors (Lipinski definition) is 6. The zero-order valence-electron chi connectivity index (χ0n) is 16.9. The van der Waals surface area contributed by atoms with Gasteiger partial charge in [0.15, 0.2) is 5.16 Å². The molecule has 0 radical (unpaired) electrons. The molecule has 4 rings (SSSR count). The summed E-state index contributed by atoms with van der Waals surface area (Å²) in [6, 6.07) is 15.3. The molecule has 158 valence electrons. The summed E-state index contributed by atoms with van der Waals surface area (Å²) >= 11 is 8.49. The second-order valence-corrected chi connectivity index (χ2v) is 9.11. The maximum atomic E-state index is 12.8. The molecule has 1 N–H and O–H groups in total. The number of carbonyl (C=O) groups excluding carboxylic acids is 1. The van der Waals surface area contributed by atoms with Crippen molar-refractivity contribution < 1.29 is 4.79 Å². The van der Waals surface area contributed by atoms with Gasteiger partial charge in [0.05, 0.1) is 5.75 Å². The van der Waals surface area contributed by atoms with Crippen LogP contribution in [0.1, 0.15) is 11.1 Å². The average molecular weight is 471 g/mol. The van der Waals surface area contributed by atoms with Gasteiger partial charge in [-0.2, -0.15) is 4.37 Å². The number of nitrogens with one attached hydrogen (secondary N) is 1. The van der Waals surface area contributed by atoms with E-state index in [1.807, 2.05) is 49.4 Å². The summed E-state index contributed by atoms with van der Waals surface area (Å²) in [5.74, 6) is -0.0327. The molecule has 0 aliphatic carbocycles. The van der Waals surface area contributed by atoms with Gasteiger partial charge in [0.1, 0.15) is 15.9 Å². The molecule has 0 unspecified atom stereocenters. The van der Waals surface area contributed by atoms with Crippen LogP contribution in [0.3, 0.4) is 0 Å². The first kappa shape index (κ1) is 21.5. The minimum absolute atomic E-state index is 0.133. The van der Waals surface area contributed by atoms with Crippen LogP contribution in [0.2, 0.25) is 5.02 Å². The standard InChI is InChI=1S/C22H19ClN4O2S2/c1-13-7-9-14(10-8-13)18-19-20(31-26-18)21(29)27(2)22(25-19)30-12-17(28)24-11-15-5-3-4-6-16(15)23/h3-10H,11-12H2,1-2H3,(H,24,28). The third-order valence-corrected chi connectivity index (χ3v) is 6.98. The van der Waals surface area contributed by atoms with Gasteiger partial charge >= 0.3 is 0 Å². The number of thioether (sulfide) groups is 1. The third kappa shape index (κ3) is 4.66. The molecular formula is C22H19ClN4O2S2. The average Bonchev–Trinajstić information content (AvgIpc) is 3.19. The molecule has 1 amide bonds. The number of benzene rings is 2. The van der Waals surface area contributed by atoms with E-state index < -0.39 is 0 Å². The summed E-state index contributed by atoms with van der Waals surface area (Å²) in [4.78, 5) is 29.8. The maximum Gasteiger partial charge on any atom is 0.273 e. The van der Waals surface area contributed by atoms with Crippen molar-refractivity contribution in [2.45, 2.75) is 18.6 Å². The number of aryl methyl sites for hydroxylation is 1. The van der Waals surface area contributed by atoms with E-state index in [4.69, 9.17) is 11.6 Å². The summed E-state index contributed by atoms with van der Waals surface area (Å²) < 4.78 is 6.44. The summed E-state index contributed by atoms with van der Waals surface area (Å²) in [5.41, 5.74) is 3.98. The Bertz CT molecular complexity index is 1320. The second kappa shape index (κ2) is 9.21. The zero-order valence-corrected chi connectivity index (χ0v) is 19.3. The lowest BCUT2D eigenvalue weighted by molar-refractivity contribution is -0.118. The zero-order chi connectivity index (χ0) is 22.0. The quantitative estimate of drug-likeness (QED) is 0.333. The van der Waals surface area contributed by atoms with E-state index in [9.17, 15) is 9.59 Å². The van der Waals surface area contributed by atoms with Crippen molar-refractivity contribution in [3.63, 3.8) is 0 Å². The van der Waals surface area contributed by atoms with E-state index in [0.29, 0.717) is 32.6 Å². The molecule has 2 aromatic carbocycles. The molecular weight excluding hydrogens is 452 g/mol. The van der Waals surface area contributed by atoms with E-state index in [1.54, 1.807) is 13.1 Å². The lowest BCUT2D eigenvalue weighted by Crippen LogP contribution is -2.25. The van der Waals surface area contributed by atoms with Crippen LogP contribution >= 0.6 is 34.9 Å². The van der Waals surface area contributed by atoms with Crippen molar-refractivity contribution in [1.29, 1.82) is 0 Å². The highest BCUT2D eigenvalue weighted by atomic mass is 35.5. The molecule has 0 saturated carbocycles. The van der Waals surface area contributed by atoms with E-state index in [0.717, 1.165) is 28.2 Å². The highest BCUT2D eigenvalue weighted by Gasteiger charge is 2.17. The summed E-state index contributed by atoms with van der Waals surface area (Å²) in [7, 11) is 1.66. The first-order valence-corrected chi connectivity index (χ1v) is 11.6. The molecule has 2 heterocycles. The third-order valence-electron chi connectivity index (χ3n) is 4.75. The maximum absolute atomic E-state index is 12.8. The molecule has 0 atom stereocenters. The van der Waals surface area contributed by atoms with E-state index >= 15 is 0 Å². The first-order chi connectivity index (χ1) is 14.9. The lowest BCUT2D eigenvalue weighted by atomic mass is 10.1. The fraction of sp³-hybridized carbons (Fsp3) is 0.182. The number of rotatable bonds is 6. The first-order valence-electron chi connectivity index (χ1n) is 9.50. The van der Waals surface area contributed by atoms with Crippen LogP contribution in [-0.2, 0) is 18.4 Å².